The lowest BCUT2D eigenvalue weighted by molar-refractivity contribution is -0.183. The van der Waals surface area contributed by atoms with Crippen LogP contribution in [-0.2, 0) is 38.9 Å². The first kappa shape index (κ1) is 25.6. The Kier molecular flexibility index (Phi) is 5.90. The van der Waals surface area contributed by atoms with Crippen molar-refractivity contribution in [2.45, 2.75) is 62.3 Å². The summed E-state index contributed by atoms with van der Waals surface area (Å²) >= 11 is 0. The van der Waals surface area contributed by atoms with Crippen LogP contribution in [0.25, 0.3) is 5.52 Å². The third kappa shape index (κ3) is 3.78. The topological polar surface area (TPSA) is 177 Å². The van der Waals surface area contributed by atoms with E-state index in [9.17, 15) is 28.4 Å². The van der Waals surface area contributed by atoms with Gasteiger partial charge in [-0.15, -0.1) is 0 Å². The first-order valence-electron chi connectivity index (χ1n) is 11.6. The summed E-state index contributed by atoms with van der Waals surface area (Å²) < 4.78 is 54.4. The minimum Gasteiger partial charge on any atom is -0.453 e. The second kappa shape index (κ2) is 8.76. The predicted octanol–water partition coefficient (Wildman–Crippen LogP) is 1.29. The van der Waals surface area contributed by atoms with E-state index in [0.717, 1.165) is 6.33 Å². The highest BCUT2D eigenvalue weighted by molar-refractivity contribution is 5.77. The number of halogens is 2. The number of nitrogen functional groups attached to an aromatic ring is 1. The number of carbonyl (C=O) groups excluding carboxylic acids is 3. The number of hydrogen-bond donors (Lipinski definition) is 1. The largest absolute Gasteiger partial charge is 0.509 e. The summed E-state index contributed by atoms with van der Waals surface area (Å²) in [6.07, 6.45) is -6.76. The minimum atomic E-state index is -2.09. The van der Waals surface area contributed by atoms with Crippen molar-refractivity contribution in [2.75, 3.05) is 19.1 Å². The van der Waals surface area contributed by atoms with Gasteiger partial charge in [0.2, 0.25) is 11.2 Å². The number of aromatic nitrogens is 3. The fraction of sp³-hybridized carbons (Fsp3) is 0.565. The number of ether oxygens (including phenoxy) is 5. The third-order valence-electron chi connectivity index (χ3n) is 6.79. The lowest BCUT2D eigenvalue weighted by atomic mass is 9.86. The van der Waals surface area contributed by atoms with Crippen LogP contribution in [0.5, 0.6) is 0 Å². The molecule has 0 radical (unpaired) electrons. The Labute approximate surface area is 213 Å². The van der Waals surface area contributed by atoms with Gasteiger partial charge in [0.05, 0.1) is 18.5 Å². The Hall–Kier alpha value is -4.06. The number of hydrogen-bond acceptors (Lipinski definition) is 12. The first-order chi connectivity index (χ1) is 18.0. The Balaban J connectivity index is 1.59. The molecule has 2 aromatic heterocycles. The van der Waals surface area contributed by atoms with Crippen LogP contribution in [0, 0.1) is 16.7 Å². The van der Waals surface area contributed by atoms with E-state index in [-0.39, 0.29) is 24.4 Å². The van der Waals surface area contributed by atoms with Crippen molar-refractivity contribution in [2.24, 2.45) is 5.41 Å². The van der Waals surface area contributed by atoms with Crippen LogP contribution in [0.1, 0.15) is 32.4 Å². The molecule has 1 unspecified atom stereocenters. The average molecular weight is 535 g/mol. The van der Waals surface area contributed by atoms with Gasteiger partial charge in [0.25, 0.3) is 0 Å². The molecule has 2 aromatic rings. The number of esters is 2. The molecule has 2 aliphatic heterocycles. The quantitative estimate of drug-likeness (QED) is 0.429. The fourth-order valence-corrected chi connectivity index (χ4v) is 5.05. The number of anilines is 1. The number of fused-ring (bicyclic) bond motifs is 1. The molecule has 1 saturated carbocycles. The normalized spacial score (nSPS) is 31.6. The molecular weight excluding hydrogens is 512 g/mol. The number of rotatable bonds is 5. The van der Waals surface area contributed by atoms with Crippen molar-refractivity contribution in [3.63, 3.8) is 0 Å². The van der Waals surface area contributed by atoms with E-state index in [0.29, 0.717) is 5.52 Å². The zero-order valence-corrected chi connectivity index (χ0v) is 20.3. The molecule has 15 heteroatoms. The molecular formula is C23H23F2N5O8. The predicted molar refractivity (Wildman–Crippen MR) is 118 cm³/mol. The van der Waals surface area contributed by atoms with Crippen molar-refractivity contribution >= 4 is 29.4 Å². The zero-order chi connectivity index (χ0) is 27.5. The molecule has 202 valence electrons. The van der Waals surface area contributed by atoms with E-state index >= 15 is 0 Å². The van der Waals surface area contributed by atoms with Crippen molar-refractivity contribution in [1.82, 2.24) is 14.6 Å². The maximum absolute atomic E-state index is 13.0. The fourth-order valence-electron chi connectivity index (χ4n) is 5.05. The van der Waals surface area contributed by atoms with Gasteiger partial charge >= 0.3 is 18.1 Å². The van der Waals surface area contributed by atoms with Gasteiger partial charge in [-0.05, 0) is 17.5 Å². The summed E-state index contributed by atoms with van der Waals surface area (Å²) in [6, 6.07) is 5.00. The van der Waals surface area contributed by atoms with Gasteiger partial charge in [-0.3, -0.25) is 9.59 Å². The van der Waals surface area contributed by atoms with Crippen molar-refractivity contribution < 1.29 is 46.8 Å². The molecule has 1 aliphatic carbocycles. The smallest absolute Gasteiger partial charge is 0.453 e. The summed E-state index contributed by atoms with van der Waals surface area (Å²) in [5, 5.41) is 14.5. The van der Waals surface area contributed by atoms with Crippen LogP contribution >= 0.6 is 0 Å². The molecule has 2 N–H and O–H groups in total. The summed E-state index contributed by atoms with van der Waals surface area (Å²) in [5.74, 6) is -1.44. The van der Waals surface area contributed by atoms with Crippen molar-refractivity contribution in [1.29, 1.82) is 5.26 Å². The van der Waals surface area contributed by atoms with E-state index in [2.05, 4.69) is 14.8 Å². The van der Waals surface area contributed by atoms with Crippen molar-refractivity contribution in [3.8, 4) is 6.07 Å². The standard InChI is InChI=1S/C23H23F2N5O8/c1-21(2)5-14(31)35-19-22(9-26,13-4-3-12-18(27)28-10-29-30(12)13)38-17-16(23(17,19)37-15(32)6-21)36-20(33)34-11(7-24)8-25/h3-4,10-11,16-17,19H,5-8H2,1-2H3,(H2,27,28,29)/t16?,17-,19+,22+,23-/m1/s1. The zero-order valence-electron chi connectivity index (χ0n) is 20.3. The molecule has 13 nitrogen and oxygen atoms in total. The molecule has 0 amide bonds. The molecule has 38 heavy (non-hydrogen) atoms. The second-order valence-electron chi connectivity index (χ2n) is 10.1. The lowest BCUT2D eigenvalue weighted by Crippen LogP contribution is -2.51. The van der Waals surface area contributed by atoms with E-state index in [1.165, 1.54) is 16.6 Å². The molecule has 3 aliphatic rings. The third-order valence-corrected chi connectivity index (χ3v) is 6.79. The summed E-state index contributed by atoms with van der Waals surface area (Å²) in [6.45, 7) is 0.726. The first-order valence-corrected chi connectivity index (χ1v) is 11.6. The van der Waals surface area contributed by atoms with Gasteiger partial charge in [0, 0.05) is 0 Å². The molecule has 4 heterocycles. The summed E-state index contributed by atoms with van der Waals surface area (Å²) in [5.41, 5.74) is 1.42. The van der Waals surface area contributed by atoms with Gasteiger partial charge < -0.3 is 29.4 Å². The molecule has 5 rings (SSSR count). The second-order valence-corrected chi connectivity index (χ2v) is 10.1. The Bertz CT molecular complexity index is 1360. The number of nitrogens with zero attached hydrogens (tertiary/aromatic N) is 4. The molecule has 5 atom stereocenters. The number of carbonyl (C=O) groups is 3. The highest BCUT2D eigenvalue weighted by Gasteiger charge is 2.89. The lowest BCUT2D eigenvalue weighted by Gasteiger charge is -2.33. The molecule has 3 fully saturated rings. The van der Waals surface area contributed by atoms with E-state index in [1.54, 1.807) is 13.8 Å². The number of nitrogens with two attached hydrogens (primary N) is 1. The maximum atomic E-state index is 13.0. The van der Waals surface area contributed by atoms with Crippen LogP contribution in [-0.4, -0.2) is 76.1 Å². The van der Waals surface area contributed by atoms with E-state index in [1.807, 2.05) is 6.07 Å². The molecule has 2 saturated heterocycles. The van der Waals surface area contributed by atoms with Crippen molar-refractivity contribution in [3.05, 3.63) is 24.2 Å². The molecule has 0 bridgehead atoms. The van der Waals surface area contributed by atoms with E-state index in [4.69, 9.17) is 24.7 Å². The highest BCUT2D eigenvalue weighted by atomic mass is 19.1. The van der Waals surface area contributed by atoms with Gasteiger partial charge in [-0.25, -0.2) is 23.1 Å². The SMILES string of the molecule is CC1(C)CC(=O)O[C@@H]2[C@@]3(OC(=O)C1)C(OC(=O)OC(CF)CF)[C@H]3O[C@@]2(C#N)c1ccc2c(N)ncnn12. The minimum absolute atomic E-state index is 0.0827. The van der Waals surface area contributed by atoms with E-state index < -0.39 is 72.5 Å². The summed E-state index contributed by atoms with van der Waals surface area (Å²) in [4.78, 5) is 42.2. The average Bonchev–Trinajstić information content (AvgIpc) is 3.14. The Morgan fingerprint density at radius 3 is 2.68 bits per heavy atom. The molecule has 0 aromatic carbocycles. The maximum Gasteiger partial charge on any atom is 0.509 e. The van der Waals surface area contributed by atoms with Gasteiger partial charge in [0.1, 0.15) is 37.4 Å². The van der Waals surface area contributed by atoms with Gasteiger partial charge in [-0.1, -0.05) is 13.8 Å². The van der Waals surface area contributed by atoms with Crippen LogP contribution < -0.4 is 5.73 Å². The van der Waals surface area contributed by atoms with Gasteiger partial charge in [0.15, 0.2) is 24.1 Å². The molecule has 1 spiro atoms. The van der Waals surface area contributed by atoms with Crippen LogP contribution in [0.15, 0.2) is 18.5 Å². The number of alkyl halides is 2. The highest BCUT2D eigenvalue weighted by Crippen LogP contribution is 2.63. The van der Waals surface area contributed by atoms with Gasteiger partial charge in [-0.2, -0.15) is 10.4 Å². The Morgan fingerprint density at radius 1 is 1.29 bits per heavy atom. The van der Waals surface area contributed by atoms with Crippen LogP contribution in [0.4, 0.5) is 19.4 Å². The number of nitriles is 1. The van der Waals surface area contributed by atoms with Crippen LogP contribution in [0.2, 0.25) is 0 Å². The van der Waals surface area contributed by atoms with Crippen LogP contribution in [0.3, 0.4) is 0 Å². The monoisotopic (exact) mass is 535 g/mol. The Morgan fingerprint density at radius 2 is 2.00 bits per heavy atom. The summed E-state index contributed by atoms with van der Waals surface area (Å²) in [7, 11) is 0.